The molecule has 0 aliphatic carbocycles. The molecule has 0 saturated carbocycles. The van der Waals surface area contributed by atoms with E-state index >= 15 is 0 Å². The molecule has 3 N–H and O–H groups in total. The summed E-state index contributed by atoms with van der Waals surface area (Å²) in [5.74, 6) is -0.327. The molecule has 1 aromatic carbocycles. The first-order valence-corrected chi connectivity index (χ1v) is 7.88. The second kappa shape index (κ2) is 7.05. The molecule has 116 valence electrons. The van der Waals surface area contributed by atoms with Crippen LogP contribution in [0.4, 0.5) is 0 Å². The summed E-state index contributed by atoms with van der Waals surface area (Å²) < 4.78 is 5.63. The van der Waals surface area contributed by atoms with Gasteiger partial charge in [0.2, 0.25) is 5.91 Å². The first-order valence-electron chi connectivity index (χ1n) is 7.88. The number of ether oxygens (including phenoxy) is 1. The summed E-state index contributed by atoms with van der Waals surface area (Å²) in [5.41, 5.74) is 7.11. The fraction of sp³-hybridized carbons (Fsp3) is 0.588. The van der Waals surface area contributed by atoms with E-state index in [1.165, 1.54) is 5.56 Å². The normalized spacial score (nSPS) is 21.1. The highest BCUT2D eigenvalue weighted by atomic mass is 16.5. The molecule has 1 aliphatic rings. The summed E-state index contributed by atoms with van der Waals surface area (Å²) in [6.45, 7) is 5.58. The molecule has 1 aromatic rings. The van der Waals surface area contributed by atoms with Crippen LogP contribution in [-0.2, 0) is 21.5 Å². The third-order valence-electron chi connectivity index (χ3n) is 4.46. The number of benzene rings is 1. The Morgan fingerprint density at radius 2 is 2.10 bits per heavy atom. The molecule has 0 spiro atoms. The maximum absolute atomic E-state index is 12.1. The number of amides is 1. The first-order chi connectivity index (χ1) is 10.1. The van der Waals surface area contributed by atoms with Crippen LogP contribution < -0.4 is 11.1 Å². The molecule has 4 nitrogen and oxygen atoms in total. The van der Waals surface area contributed by atoms with E-state index in [1.54, 1.807) is 0 Å². The maximum Gasteiger partial charge on any atom is 0.242 e. The van der Waals surface area contributed by atoms with E-state index in [9.17, 15) is 4.79 Å². The van der Waals surface area contributed by atoms with Crippen molar-refractivity contribution in [2.24, 2.45) is 5.73 Å². The van der Waals surface area contributed by atoms with E-state index in [4.69, 9.17) is 10.5 Å². The smallest absolute Gasteiger partial charge is 0.242 e. The highest BCUT2D eigenvalue weighted by Gasteiger charge is 2.37. The molecule has 2 atom stereocenters. The summed E-state index contributed by atoms with van der Waals surface area (Å²) in [6.07, 6.45) is 3.93. The average molecular weight is 290 g/mol. The Bertz CT molecular complexity index is 466. The minimum Gasteiger partial charge on any atom is -0.377 e. The van der Waals surface area contributed by atoms with Crippen LogP contribution in [0.25, 0.3) is 0 Å². The zero-order chi connectivity index (χ0) is 15.3. The Balaban J connectivity index is 2.19. The third kappa shape index (κ3) is 3.44. The molecule has 21 heavy (non-hydrogen) atoms. The van der Waals surface area contributed by atoms with E-state index in [-0.39, 0.29) is 12.0 Å². The monoisotopic (exact) mass is 290 g/mol. The zero-order valence-electron chi connectivity index (χ0n) is 13.0. The number of carbonyl (C=O) groups excluding carboxylic acids is 1. The summed E-state index contributed by atoms with van der Waals surface area (Å²) in [4.78, 5) is 12.1. The van der Waals surface area contributed by atoms with Gasteiger partial charge in [-0.2, -0.15) is 0 Å². The number of rotatable bonds is 7. The molecule has 2 unspecified atom stereocenters. The molecule has 0 radical (unpaired) electrons. The number of carbonyl (C=O) groups is 1. The lowest BCUT2D eigenvalue weighted by Gasteiger charge is -2.32. The molecule has 0 aromatic heterocycles. The molecule has 1 fully saturated rings. The first kappa shape index (κ1) is 16.0. The Kier molecular flexibility index (Phi) is 5.37. The highest BCUT2D eigenvalue weighted by Crippen LogP contribution is 2.26. The Labute approximate surface area is 127 Å². The van der Waals surface area contributed by atoms with Crippen molar-refractivity contribution in [3.63, 3.8) is 0 Å². The van der Waals surface area contributed by atoms with Crippen LogP contribution in [0.2, 0.25) is 0 Å². The van der Waals surface area contributed by atoms with Crippen LogP contribution >= 0.6 is 0 Å². The predicted molar refractivity (Wildman–Crippen MR) is 84.0 cm³/mol. The standard InChI is InChI=1S/C17H26N2O2/c1-3-13-7-9-14(10-8-13)17(4-2,16(18)20)19-12-15-6-5-11-21-15/h7-10,15,19H,3-6,11-12H2,1-2H3,(H2,18,20). The van der Waals surface area contributed by atoms with Gasteiger partial charge in [0.05, 0.1) is 6.10 Å². The number of aryl methyl sites for hydroxylation is 1. The van der Waals surface area contributed by atoms with Crippen LogP contribution in [0.1, 0.15) is 44.2 Å². The molecule has 2 rings (SSSR count). The van der Waals surface area contributed by atoms with Crippen LogP contribution in [0, 0.1) is 0 Å². The fourth-order valence-corrected chi connectivity index (χ4v) is 2.95. The van der Waals surface area contributed by atoms with Crippen molar-refractivity contribution >= 4 is 5.91 Å². The van der Waals surface area contributed by atoms with Crippen LogP contribution in [0.15, 0.2) is 24.3 Å². The van der Waals surface area contributed by atoms with Gasteiger partial charge in [-0.25, -0.2) is 0 Å². The average Bonchev–Trinajstić information content (AvgIpc) is 3.02. The SMILES string of the molecule is CCc1ccc(C(CC)(NCC2CCCO2)C(N)=O)cc1. The van der Waals surface area contributed by atoms with Crippen molar-refractivity contribution in [2.75, 3.05) is 13.2 Å². The quantitative estimate of drug-likeness (QED) is 0.808. The van der Waals surface area contributed by atoms with E-state index < -0.39 is 5.54 Å². The van der Waals surface area contributed by atoms with Gasteiger partial charge in [-0.1, -0.05) is 38.1 Å². The predicted octanol–water partition coefficient (Wildman–Crippen LogP) is 2.11. The van der Waals surface area contributed by atoms with Crippen molar-refractivity contribution < 1.29 is 9.53 Å². The molecule has 1 saturated heterocycles. The van der Waals surface area contributed by atoms with E-state index in [0.29, 0.717) is 13.0 Å². The molecule has 1 aliphatic heterocycles. The van der Waals surface area contributed by atoms with Crippen molar-refractivity contribution in [2.45, 2.75) is 51.2 Å². The number of nitrogens with one attached hydrogen (secondary N) is 1. The van der Waals surface area contributed by atoms with E-state index in [2.05, 4.69) is 24.4 Å². The lowest BCUT2D eigenvalue weighted by Crippen LogP contribution is -2.54. The van der Waals surface area contributed by atoms with Crippen molar-refractivity contribution in [3.8, 4) is 0 Å². The van der Waals surface area contributed by atoms with Gasteiger partial charge >= 0.3 is 0 Å². The Morgan fingerprint density at radius 3 is 2.57 bits per heavy atom. The zero-order valence-corrected chi connectivity index (χ0v) is 13.0. The van der Waals surface area contributed by atoms with Gasteiger partial charge < -0.3 is 10.5 Å². The van der Waals surface area contributed by atoms with Crippen molar-refractivity contribution in [1.29, 1.82) is 0 Å². The molecular formula is C17H26N2O2. The van der Waals surface area contributed by atoms with Gasteiger partial charge in [-0.05, 0) is 36.8 Å². The minimum atomic E-state index is -0.807. The van der Waals surface area contributed by atoms with Gasteiger partial charge in [0.15, 0.2) is 0 Å². The van der Waals surface area contributed by atoms with Crippen LogP contribution in [-0.4, -0.2) is 25.2 Å². The molecule has 4 heteroatoms. The lowest BCUT2D eigenvalue weighted by molar-refractivity contribution is -0.125. The molecular weight excluding hydrogens is 264 g/mol. The van der Waals surface area contributed by atoms with E-state index in [0.717, 1.165) is 31.4 Å². The summed E-state index contributed by atoms with van der Waals surface area (Å²) >= 11 is 0. The Morgan fingerprint density at radius 1 is 1.38 bits per heavy atom. The van der Waals surface area contributed by atoms with Crippen molar-refractivity contribution in [1.82, 2.24) is 5.32 Å². The van der Waals surface area contributed by atoms with Gasteiger partial charge in [0.1, 0.15) is 5.54 Å². The number of hydrogen-bond acceptors (Lipinski definition) is 3. The van der Waals surface area contributed by atoms with Crippen molar-refractivity contribution in [3.05, 3.63) is 35.4 Å². The summed E-state index contributed by atoms with van der Waals surface area (Å²) in [6, 6.07) is 8.15. The van der Waals surface area contributed by atoms with Gasteiger partial charge in [-0.15, -0.1) is 0 Å². The van der Waals surface area contributed by atoms with E-state index in [1.807, 2.05) is 19.1 Å². The number of primary amides is 1. The minimum absolute atomic E-state index is 0.185. The maximum atomic E-state index is 12.1. The van der Waals surface area contributed by atoms with Gasteiger partial charge in [-0.3, -0.25) is 10.1 Å². The third-order valence-corrected chi connectivity index (χ3v) is 4.46. The molecule has 1 amide bonds. The Hall–Kier alpha value is -1.39. The van der Waals surface area contributed by atoms with Crippen LogP contribution in [0.3, 0.4) is 0 Å². The largest absolute Gasteiger partial charge is 0.377 e. The summed E-state index contributed by atoms with van der Waals surface area (Å²) in [5, 5.41) is 3.38. The highest BCUT2D eigenvalue weighted by molar-refractivity contribution is 5.86. The molecule has 0 bridgehead atoms. The van der Waals surface area contributed by atoms with Gasteiger partial charge in [0.25, 0.3) is 0 Å². The van der Waals surface area contributed by atoms with Gasteiger partial charge in [0, 0.05) is 13.2 Å². The van der Waals surface area contributed by atoms with Crippen LogP contribution in [0.5, 0.6) is 0 Å². The number of nitrogens with two attached hydrogens (primary N) is 1. The summed E-state index contributed by atoms with van der Waals surface area (Å²) in [7, 11) is 0. The second-order valence-corrected chi connectivity index (χ2v) is 5.69. The fourth-order valence-electron chi connectivity index (χ4n) is 2.95. The number of hydrogen-bond donors (Lipinski definition) is 2. The topological polar surface area (TPSA) is 64.3 Å². The molecule has 1 heterocycles. The second-order valence-electron chi connectivity index (χ2n) is 5.69. The lowest BCUT2D eigenvalue weighted by atomic mass is 9.85.